The number of amides is 1. The lowest BCUT2D eigenvalue weighted by Crippen LogP contribution is -2.32. The minimum Gasteiger partial charge on any atom is -0.311 e. The molecule has 0 bridgehead atoms. The molecule has 4 rings (SSSR count). The fraction of sp³-hybridized carbons (Fsp3) is 0.136. The maximum Gasteiger partial charge on any atom is 0.237 e. The predicted octanol–water partition coefficient (Wildman–Crippen LogP) is 4.57. The second kappa shape index (κ2) is 8.27. The Morgan fingerprint density at radius 1 is 1.00 bits per heavy atom. The SMILES string of the molecule is CCN(C(=O)CSc1nncn1-c1ccccc1)c1cccc2ccccc12. The van der Waals surface area contributed by atoms with Crippen molar-refractivity contribution < 1.29 is 4.79 Å². The van der Waals surface area contributed by atoms with E-state index in [-0.39, 0.29) is 5.91 Å². The molecule has 1 aromatic heterocycles. The molecule has 1 amide bonds. The molecule has 0 aliphatic heterocycles. The minimum atomic E-state index is 0.0477. The molecule has 0 N–H and O–H groups in total. The van der Waals surface area contributed by atoms with Gasteiger partial charge in [0.1, 0.15) is 6.33 Å². The number of hydrogen-bond donors (Lipinski definition) is 0. The molecular weight excluding hydrogens is 368 g/mol. The average Bonchev–Trinajstić information content (AvgIpc) is 3.22. The topological polar surface area (TPSA) is 51.0 Å². The molecule has 6 heteroatoms. The summed E-state index contributed by atoms with van der Waals surface area (Å²) < 4.78 is 1.89. The quantitative estimate of drug-likeness (QED) is 0.454. The predicted molar refractivity (Wildman–Crippen MR) is 114 cm³/mol. The number of carbonyl (C=O) groups is 1. The van der Waals surface area contributed by atoms with E-state index >= 15 is 0 Å². The second-order valence-electron chi connectivity index (χ2n) is 6.24. The molecule has 5 nitrogen and oxygen atoms in total. The van der Waals surface area contributed by atoms with Crippen LogP contribution in [0.3, 0.4) is 0 Å². The van der Waals surface area contributed by atoms with Crippen molar-refractivity contribution in [2.24, 2.45) is 0 Å². The van der Waals surface area contributed by atoms with Crippen molar-refractivity contribution >= 4 is 34.1 Å². The maximum absolute atomic E-state index is 13.0. The third kappa shape index (κ3) is 3.64. The second-order valence-corrected chi connectivity index (χ2v) is 7.19. The first-order valence-electron chi connectivity index (χ1n) is 9.14. The molecule has 0 aliphatic carbocycles. The van der Waals surface area contributed by atoms with Crippen LogP contribution in [0.25, 0.3) is 16.5 Å². The van der Waals surface area contributed by atoms with E-state index in [9.17, 15) is 4.79 Å². The summed E-state index contributed by atoms with van der Waals surface area (Å²) in [5, 5.41) is 11.1. The molecule has 28 heavy (non-hydrogen) atoms. The van der Waals surface area contributed by atoms with Crippen molar-refractivity contribution in [1.29, 1.82) is 0 Å². The third-order valence-corrected chi connectivity index (χ3v) is 5.48. The summed E-state index contributed by atoms with van der Waals surface area (Å²) in [6.45, 7) is 2.61. The number of hydrogen-bond acceptors (Lipinski definition) is 4. The van der Waals surface area contributed by atoms with Crippen molar-refractivity contribution in [2.75, 3.05) is 17.2 Å². The fourth-order valence-corrected chi connectivity index (χ4v) is 4.02. The van der Waals surface area contributed by atoms with Gasteiger partial charge in [-0.05, 0) is 30.5 Å². The molecule has 0 radical (unpaired) electrons. The number of para-hydroxylation sites is 1. The minimum absolute atomic E-state index is 0.0477. The van der Waals surface area contributed by atoms with Crippen molar-refractivity contribution in [1.82, 2.24) is 14.8 Å². The van der Waals surface area contributed by atoms with Gasteiger partial charge in [-0.3, -0.25) is 9.36 Å². The first kappa shape index (κ1) is 18.3. The monoisotopic (exact) mass is 388 g/mol. The number of nitrogens with zero attached hydrogens (tertiary/aromatic N) is 4. The zero-order valence-corrected chi connectivity index (χ0v) is 16.3. The Morgan fingerprint density at radius 2 is 1.75 bits per heavy atom. The summed E-state index contributed by atoms with van der Waals surface area (Å²) in [6.07, 6.45) is 1.67. The zero-order chi connectivity index (χ0) is 19.3. The smallest absolute Gasteiger partial charge is 0.237 e. The van der Waals surface area contributed by atoms with E-state index < -0.39 is 0 Å². The summed E-state index contributed by atoms with van der Waals surface area (Å²) in [5.41, 5.74) is 1.92. The zero-order valence-electron chi connectivity index (χ0n) is 15.5. The van der Waals surface area contributed by atoms with Crippen LogP contribution in [-0.4, -0.2) is 33.0 Å². The van der Waals surface area contributed by atoms with Crippen molar-refractivity contribution in [3.05, 3.63) is 79.1 Å². The fourth-order valence-electron chi connectivity index (χ4n) is 3.22. The van der Waals surface area contributed by atoms with E-state index in [1.54, 1.807) is 6.33 Å². The Kier molecular flexibility index (Phi) is 5.39. The molecule has 0 spiro atoms. The van der Waals surface area contributed by atoms with Gasteiger partial charge < -0.3 is 4.90 Å². The van der Waals surface area contributed by atoms with E-state index in [0.717, 1.165) is 22.1 Å². The highest BCUT2D eigenvalue weighted by Gasteiger charge is 2.18. The van der Waals surface area contributed by atoms with Crippen LogP contribution in [0, 0.1) is 0 Å². The van der Waals surface area contributed by atoms with E-state index in [1.165, 1.54) is 11.8 Å². The molecule has 3 aromatic carbocycles. The van der Waals surface area contributed by atoms with E-state index in [0.29, 0.717) is 17.5 Å². The highest BCUT2D eigenvalue weighted by Crippen LogP contribution is 2.28. The number of anilines is 1. The standard InChI is InChI=1S/C22H20N4OS/c1-2-25(20-14-8-10-17-9-6-7-13-19(17)20)21(27)15-28-22-24-23-16-26(22)18-11-4-3-5-12-18/h3-14,16H,2,15H2,1H3. The summed E-state index contributed by atoms with van der Waals surface area (Å²) in [5.74, 6) is 0.342. The van der Waals surface area contributed by atoms with Crippen LogP contribution < -0.4 is 4.90 Å². The van der Waals surface area contributed by atoms with Crippen molar-refractivity contribution in [2.45, 2.75) is 12.1 Å². The van der Waals surface area contributed by atoms with E-state index in [4.69, 9.17) is 0 Å². The maximum atomic E-state index is 13.0. The summed E-state index contributed by atoms with van der Waals surface area (Å²) in [4.78, 5) is 14.8. The van der Waals surface area contributed by atoms with Crippen LogP contribution in [0.1, 0.15) is 6.92 Å². The number of benzene rings is 3. The van der Waals surface area contributed by atoms with Crippen LogP contribution in [0.5, 0.6) is 0 Å². The largest absolute Gasteiger partial charge is 0.311 e. The van der Waals surface area contributed by atoms with Crippen LogP contribution in [0.2, 0.25) is 0 Å². The van der Waals surface area contributed by atoms with E-state index in [2.05, 4.69) is 28.4 Å². The van der Waals surface area contributed by atoms with Crippen LogP contribution >= 0.6 is 11.8 Å². The van der Waals surface area contributed by atoms with Gasteiger partial charge in [0.2, 0.25) is 5.91 Å². The van der Waals surface area contributed by atoms with Gasteiger partial charge in [0.05, 0.1) is 11.4 Å². The van der Waals surface area contributed by atoms with Crippen LogP contribution in [0.4, 0.5) is 5.69 Å². The van der Waals surface area contributed by atoms with E-state index in [1.807, 2.05) is 71.0 Å². The molecule has 0 atom stereocenters. The van der Waals surface area contributed by atoms with Gasteiger partial charge in [-0.15, -0.1) is 10.2 Å². The first-order chi connectivity index (χ1) is 13.8. The Labute approximate surface area is 168 Å². The Bertz CT molecular complexity index is 1090. The first-order valence-corrected chi connectivity index (χ1v) is 10.1. The number of carbonyl (C=O) groups excluding carboxylic acids is 1. The highest BCUT2D eigenvalue weighted by molar-refractivity contribution is 7.99. The number of rotatable bonds is 6. The van der Waals surface area contributed by atoms with Gasteiger partial charge >= 0.3 is 0 Å². The summed E-state index contributed by atoms with van der Waals surface area (Å²) >= 11 is 1.40. The van der Waals surface area contributed by atoms with Gasteiger partial charge in [-0.1, -0.05) is 66.4 Å². The molecule has 0 fully saturated rings. The summed E-state index contributed by atoms with van der Waals surface area (Å²) in [7, 11) is 0. The molecule has 0 unspecified atom stereocenters. The van der Waals surface area contributed by atoms with Crippen molar-refractivity contribution in [3.8, 4) is 5.69 Å². The Morgan fingerprint density at radius 3 is 2.57 bits per heavy atom. The molecule has 4 aromatic rings. The third-order valence-electron chi connectivity index (χ3n) is 4.55. The Hall–Kier alpha value is -3.12. The molecule has 0 aliphatic rings. The molecule has 140 valence electrons. The number of thioether (sulfide) groups is 1. The molecule has 0 saturated heterocycles. The number of aromatic nitrogens is 3. The van der Waals surface area contributed by atoms with Gasteiger partial charge in [-0.25, -0.2) is 0 Å². The normalized spacial score (nSPS) is 10.9. The molecule has 1 heterocycles. The lowest BCUT2D eigenvalue weighted by atomic mass is 10.1. The molecular formula is C22H20N4OS. The van der Waals surface area contributed by atoms with Gasteiger partial charge in [-0.2, -0.15) is 0 Å². The lowest BCUT2D eigenvalue weighted by Gasteiger charge is -2.22. The van der Waals surface area contributed by atoms with Gasteiger partial charge in [0.25, 0.3) is 0 Å². The number of fused-ring (bicyclic) bond motifs is 1. The van der Waals surface area contributed by atoms with Gasteiger partial charge in [0, 0.05) is 17.6 Å². The summed E-state index contributed by atoms with van der Waals surface area (Å²) in [6, 6.07) is 24.1. The lowest BCUT2D eigenvalue weighted by molar-refractivity contribution is -0.116. The average molecular weight is 388 g/mol. The van der Waals surface area contributed by atoms with Gasteiger partial charge in [0.15, 0.2) is 5.16 Å². The van der Waals surface area contributed by atoms with Crippen molar-refractivity contribution in [3.63, 3.8) is 0 Å². The highest BCUT2D eigenvalue weighted by atomic mass is 32.2. The van der Waals surface area contributed by atoms with Crippen LogP contribution in [0.15, 0.2) is 84.3 Å². The molecule has 0 saturated carbocycles. The van der Waals surface area contributed by atoms with Crippen LogP contribution in [-0.2, 0) is 4.79 Å². The Balaban J connectivity index is 1.54.